The Morgan fingerprint density at radius 3 is 2.44 bits per heavy atom. The first-order chi connectivity index (χ1) is 7.61. The molecule has 90 valence electrons. The number of rotatable bonds is 7. The summed E-state index contributed by atoms with van der Waals surface area (Å²) in [5.41, 5.74) is 4.05. The minimum atomic E-state index is 1.16. The number of hydrogen-bond acceptors (Lipinski definition) is 0. The van der Waals surface area contributed by atoms with E-state index in [1.165, 1.54) is 24.0 Å². The fourth-order valence-corrected chi connectivity index (χ4v) is 1.43. The Morgan fingerprint density at radius 2 is 1.94 bits per heavy atom. The first-order valence-electron chi connectivity index (χ1n) is 6.25. The fraction of sp³-hybridized carbons (Fsp3) is 0.500. The molecular weight excluding hydrogens is 192 g/mol. The molecule has 0 radical (unpaired) electrons. The van der Waals surface area contributed by atoms with Crippen LogP contribution in [-0.2, 0) is 0 Å². The van der Waals surface area contributed by atoms with Gasteiger partial charge in [-0.3, -0.25) is 0 Å². The van der Waals surface area contributed by atoms with Crippen LogP contribution in [0.2, 0.25) is 0 Å². The van der Waals surface area contributed by atoms with Crippen LogP contribution in [0.25, 0.3) is 0 Å². The van der Waals surface area contributed by atoms with E-state index in [0.717, 1.165) is 12.8 Å². The zero-order valence-corrected chi connectivity index (χ0v) is 11.3. The zero-order valence-electron chi connectivity index (χ0n) is 11.3. The summed E-state index contributed by atoms with van der Waals surface area (Å²) in [6, 6.07) is 0. The molecule has 0 rings (SSSR count). The van der Waals surface area contributed by atoms with Crippen LogP contribution in [0.4, 0.5) is 0 Å². The maximum absolute atomic E-state index is 3.94. The van der Waals surface area contributed by atoms with Gasteiger partial charge in [0.1, 0.15) is 0 Å². The summed E-state index contributed by atoms with van der Waals surface area (Å²) in [6.45, 7) is 12.4. The molecule has 0 saturated heterocycles. The topological polar surface area (TPSA) is 0 Å². The molecule has 0 spiro atoms. The monoisotopic (exact) mass is 218 g/mol. The van der Waals surface area contributed by atoms with E-state index in [1.807, 2.05) is 0 Å². The molecule has 0 atom stereocenters. The fourth-order valence-electron chi connectivity index (χ4n) is 1.43. The predicted octanol–water partition coefficient (Wildman–Crippen LogP) is 5.59. The van der Waals surface area contributed by atoms with E-state index in [4.69, 9.17) is 0 Å². The second-order valence-electron chi connectivity index (χ2n) is 4.26. The molecule has 0 unspecified atom stereocenters. The normalized spacial score (nSPS) is 13.5. The van der Waals surface area contributed by atoms with Crippen LogP contribution in [0.5, 0.6) is 0 Å². The molecule has 0 saturated carbocycles. The molecule has 0 aliphatic carbocycles. The minimum absolute atomic E-state index is 1.16. The average molecular weight is 218 g/mol. The van der Waals surface area contributed by atoms with Gasteiger partial charge in [0.25, 0.3) is 0 Å². The maximum Gasteiger partial charge on any atom is -0.0314 e. The highest BCUT2D eigenvalue weighted by Crippen LogP contribution is 2.14. The summed E-state index contributed by atoms with van der Waals surface area (Å²) in [5, 5.41) is 0. The van der Waals surface area contributed by atoms with Crippen molar-refractivity contribution in [2.45, 2.75) is 53.4 Å². The van der Waals surface area contributed by atoms with Gasteiger partial charge in [0.15, 0.2) is 0 Å². The van der Waals surface area contributed by atoms with E-state index in [-0.39, 0.29) is 0 Å². The Labute approximate surface area is 101 Å². The van der Waals surface area contributed by atoms with Gasteiger partial charge >= 0.3 is 0 Å². The van der Waals surface area contributed by atoms with Crippen LogP contribution < -0.4 is 0 Å². The van der Waals surface area contributed by atoms with Gasteiger partial charge in [0, 0.05) is 0 Å². The summed E-state index contributed by atoms with van der Waals surface area (Å²) < 4.78 is 0. The lowest BCUT2D eigenvalue weighted by molar-refractivity contribution is 0.800. The quantitative estimate of drug-likeness (QED) is 0.386. The third-order valence-corrected chi connectivity index (χ3v) is 2.80. The molecule has 0 aliphatic rings. The Kier molecular flexibility index (Phi) is 8.61. The van der Waals surface area contributed by atoms with E-state index in [1.54, 1.807) is 5.57 Å². The van der Waals surface area contributed by atoms with Crippen molar-refractivity contribution in [2.75, 3.05) is 0 Å². The lowest BCUT2D eigenvalue weighted by Gasteiger charge is -2.03. The predicted molar refractivity (Wildman–Crippen MR) is 75.6 cm³/mol. The number of hydrogen-bond donors (Lipinski definition) is 0. The Hall–Kier alpha value is -1.04. The molecule has 0 bridgehead atoms. The van der Waals surface area contributed by atoms with Crippen molar-refractivity contribution >= 4 is 0 Å². The van der Waals surface area contributed by atoms with E-state index in [2.05, 4.69) is 58.6 Å². The molecule has 0 fully saturated rings. The number of unbranched alkanes of at least 4 members (excludes halogenated alkanes) is 1. The largest absolute Gasteiger partial charge is 0.0959 e. The van der Waals surface area contributed by atoms with Crippen molar-refractivity contribution < 1.29 is 0 Å². The summed E-state index contributed by atoms with van der Waals surface area (Å²) in [6.07, 6.45) is 13.5. The smallest absolute Gasteiger partial charge is 0.0314 e. The van der Waals surface area contributed by atoms with Gasteiger partial charge in [0.2, 0.25) is 0 Å². The van der Waals surface area contributed by atoms with Crippen molar-refractivity contribution in [1.82, 2.24) is 0 Å². The first kappa shape index (κ1) is 15.0. The molecule has 0 nitrogen and oxygen atoms in total. The van der Waals surface area contributed by atoms with Crippen molar-refractivity contribution in [3.05, 3.63) is 47.6 Å². The standard InChI is InChI=1S/C16H26/c1-6-8-12-16(7-2)13-10-9-11-15(5)14(3)4/h6,8,11-12H,3,7,9-10,13H2,1-2,4-5H3. The molecule has 16 heavy (non-hydrogen) atoms. The second-order valence-corrected chi connectivity index (χ2v) is 4.26. The highest BCUT2D eigenvalue weighted by Gasteiger charge is 1.94. The molecule has 0 heteroatoms. The summed E-state index contributed by atoms with van der Waals surface area (Å²) in [7, 11) is 0. The van der Waals surface area contributed by atoms with Crippen LogP contribution >= 0.6 is 0 Å². The molecular formula is C16H26. The molecule has 0 heterocycles. The van der Waals surface area contributed by atoms with E-state index in [9.17, 15) is 0 Å². The summed E-state index contributed by atoms with van der Waals surface area (Å²) >= 11 is 0. The van der Waals surface area contributed by atoms with Gasteiger partial charge in [-0.25, -0.2) is 0 Å². The van der Waals surface area contributed by atoms with Gasteiger partial charge < -0.3 is 0 Å². The molecule has 0 aromatic heterocycles. The molecule has 0 aromatic rings. The third-order valence-electron chi connectivity index (χ3n) is 2.80. The summed E-state index contributed by atoms with van der Waals surface area (Å²) in [4.78, 5) is 0. The Balaban J connectivity index is 3.97. The zero-order chi connectivity index (χ0) is 12.4. The third kappa shape index (κ3) is 7.28. The highest BCUT2D eigenvalue weighted by atomic mass is 14.0. The summed E-state index contributed by atoms with van der Waals surface area (Å²) in [5.74, 6) is 0. The van der Waals surface area contributed by atoms with E-state index >= 15 is 0 Å². The van der Waals surface area contributed by atoms with Crippen molar-refractivity contribution in [2.24, 2.45) is 0 Å². The second kappa shape index (κ2) is 9.21. The molecule has 0 amide bonds. The number of allylic oxidation sites excluding steroid dienone is 7. The maximum atomic E-state index is 3.94. The highest BCUT2D eigenvalue weighted by molar-refractivity contribution is 5.23. The van der Waals surface area contributed by atoms with Crippen LogP contribution in [0.1, 0.15) is 53.4 Å². The van der Waals surface area contributed by atoms with Crippen LogP contribution in [0.15, 0.2) is 47.6 Å². The van der Waals surface area contributed by atoms with Gasteiger partial charge in [-0.05, 0) is 46.5 Å². The molecule has 0 aromatic carbocycles. The van der Waals surface area contributed by atoms with Gasteiger partial charge in [-0.15, -0.1) is 0 Å². The van der Waals surface area contributed by atoms with Crippen LogP contribution in [-0.4, -0.2) is 0 Å². The Morgan fingerprint density at radius 1 is 1.25 bits per heavy atom. The Bertz CT molecular complexity index is 287. The SMILES string of the molecule is C=C(C)C(C)=CCCCC(=CC=CC)CC. The average Bonchev–Trinajstić information content (AvgIpc) is 2.27. The molecule has 0 aliphatic heterocycles. The van der Waals surface area contributed by atoms with Crippen molar-refractivity contribution in [1.29, 1.82) is 0 Å². The van der Waals surface area contributed by atoms with Crippen molar-refractivity contribution in [3.8, 4) is 0 Å². The van der Waals surface area contributed by atoms with E-state index in [0.29, 0.717) is 0 Å². The van der Waals surface area contributed by atoms with Gasteiger partial charge in [-0.2, -0.15) is 0 Å². The molecule has 0 N–H and O–H groups in total. The van der Waals surface area contributed by atoms with Crippen LogP contribution in [0, 0.1) is 0 Å². The first-order valence-corrected chi connectivity index (χ1v) is 6.25. The van der Waals surface area contributed by atoms with Gasteiger partial charge in [-0.1, -0.05) is 54.5 Å². The minimum Gasteiger partial charge on any atom is -0.0959 e. The van der Waals surface area contributed by atoms with Gasteiger partial charge in [0.05, 0.1) is 0 Å². The van der Waals surface area contributed by atoms with Crippen molar-refractivity contribution in [3.63, 3.8) is 0 Å². The lowest BCUT2D eigenvalue weighted by atomic mass is 10.0. The van der Waals surface area contributed by atoms with E-state index < -0.39 is 0 Å². The lowest BCUT2D eigenvalue weighted by Crippen LogP contribution is -1.83. The van der Waals surface area contributed by atoms with Crippen LogP contribution in [0.3, 0.4) is 0 Å².